The Labute approximate surface area is 88.6 Å². The van der Waals surface area contributed by atoms with Crippen LogP contribution in [0.3, 0.4) is 0 Å². The van der Waals surface area contributed by atoms with Crippen molar-refractivity contribution >= 4 is 20.9 Å². The topological polar surface area (TPSA) is 53.2 Å². The van der Waals surface area contributed by atoms with E-state index in [1.54, 1.807) is 24.4 Å². The standard InChI is InChI=1S/C10H11N2O2S/c1-12(2)15(13,14)10-5-3-4-9-8(10)6-7-11-9/h3-7,11H,1H2,2H3. The Morgan fingerprint density at radius 2 is 2.07 bits per heavy atom. The van der Waals surface area contributed by atoms with Gasteiger partial charge in [0, 0.05) is 31.2 Å². The van der Waals surface area contributed by atoms with Gasteiger partial charge in [0.1, 0.15) is 0 Å². The van der Waals surface area contributed by atoms with Crippen LogP contribution in [0.4, 0.5) is 0 Å². The van der Waals surface area contributed by atoms with E-state index >= 15 is 0 Å². The van der Waals surface area contributed by atoms with Crippen LogP contribution < -0.4 is 0 Å². The Balaban J connectivity index is 2.77. The smallest absolute Gasteiger partial charge is 0.243 e. The maximum atomic E-state index is 11.9. The number of H-pyrrole nitrogens is 1. The second-order valence-corrected chi connectivity index (χ2v) is 5.31. The lowest BCUT2D eigenvalue weighted by atomic mass is 10.2. The third-order valence-electron chi connectivity index (χ3n) is 2.24. The molecule has 4 nitrogen and oxygen atoms in total. The summed E-state index contributed by atoms with van der Waals surface area (Å²) in [6.07, 6.45) is 1.72. The summed E-state index contributed by atoms with van der Waals surface area (Å²) in [5, 5.41) is 0.688. The highest BCUT2D eigenvalue weighted by molar-refractivity contribution is 7.89. The van der Waals surface area contributed by atoms with Gasteiger partial charge >= 0.3 is 0 Å². The summed E-state index contributed by atoms with van der Waals surface area (Å²) in [6.45, 7) is 0. The Kier molecular flexibility index (Phi) is 2.28. The van der Waals surface area contributed by atoms with Gasteiger partial charge in [-0.05, 0) is 18.2 Å². The quantitative estimate of drug-likeness (QED) is 0.840. The van der Waals surface area contributed by atoms with Crippen LogP contribution in [-0.2, 0) is 10.0 Å². The number of nitrogens with zero attached hydrogens (tertiary/aromatic N) is 1. The van der Waals surface area contributed by atoms with Crippen LogP contribution in [0.15, 0.2) is 35.4 Å². The first kappa shape index (κ1) is 10.2. The molecule has 0 amide bonds. The maximum absolute atomic E-state index is 11.9. The molecule has 1 aromatic heterocycles. The number of benzene rings is 1. The van der Waals surface area contributed by atoms with E-state index in [1.165, 1.54) is 7.05 Å². The zero-order valence-electron chi connectivity index (χ0n) is 8.27. The van der Waals surface area contributed by atoms with Crippen LogP contribution in [0, 0.1) is 7.05 Å². The Morgan fingerprint density at radius 3 is 2.73 bits per heavy atom. The van der Waals surface area contributed by atoms with Crippen LogP contribution in [0.25, 0.3) is 10.9 Å². The predicted molar refractivity (Wildman–Crippen MR) is 58.6 cm³/mol. The number of fused-ring (bicyclic) bond motifs is 1. The molecule has 15 heavy (non-hydrogen) atoms. The van der Waals surface area contributed by atoms with Gasteiger partial charge in [0.2, 0.25) is 10.0 Å². The van der Waals surface area contributed by atoms with E-state index in [-0.39, 0.29) is 4.90 Å². The second kappa shape index (κ2) is 3.36. The highest BCUT2D eigenvalue weighted by Gasteiger charge is 2.19. The van der Waals surface area contributed by atoms with Gasteiger partial charge in [0.05, 0.1) is 4.90 Å². The lowest BCUT2D eigenvalue weighted by Crippen LogP contribution is -2.20. The van der Waals surface area contributed by atoms with Crippen molar-refractivity contribution in [2.24, 2.45) is 0 Å². The van der Waals surface area contributed by atoms with E-state index in [9.17, 15) is 8.42 Å². The molecule has 1 aromatic carbocycles. The van der Waals surface area contributed by atoms with Gasteiger partial charge in [-0.25, -0.2) is 8.42 Å². The van der Waals surface area contributed by atoms with Crippen LogP contribution >= 0.6 is 0 Å². The van der Waals surface area contributed by atoms with Crippen LogP contribution in [-0.4, -0.2) is 24.8 Å². The number of sulfonamides is 1. The summed E-state index contributed by atoms with van der Waals surface area (Å²) >= 11 is 0. The fourth-order valence-corrected chi connectivity index (χ4v) is 2.49. The van der Waals surface area contributed by atoms with Gasteiger partial charge in [-0.15, -0.1) is 0 Å². The average Bonchev–Trinajstić information content (AvgIpc) is 2.64. The molecular weight excluding hydrogens is 212 g/mol. The Morgan fingerprint density at radius 1 is 1.33 bits per heavy atom. The molecular formula is C10H11N2O2S. The fraction of sp³-hybridized carbons (Fsp3) is 0.100. The zero-order chi connectivity index (χ0) is 11.1. The molecule has 0 atom stereocenters. The summed E-state index contributed by atoms with van der Waals surface area (Å²) in [7, 11) is 1.36. The molecule has 0 bridgehead atoms. The van der Waals surface area contributed by atoms with Gasteiger partial charge in [-0.1, -0.05) is 6.07 Å². The summed E-state index contributed by atoms with van der Waals surface area (Å²) in [4.78, 5) is 3.24. The monoisotopic (exact) mass is 223 g/mol. The molecule has 2 rings (SSSR count). The minimum atomic E-state index is -3.47. The molecule has 0 saturated carbocycles. The fourth-order valence-electron chi connectivity index (χ4n) is 1.45. The van der Waals surface area contributed by atoms with Crippen molar-refractivity contribution in [3.63, 3.8) is 0 Å². The molecule has 0 aliphatic rings. The van der Waals surface area contributed by atoms with E-state index < -0.39 is 10.0 Å². The molecule has 1 radical (unpaired) electrons. The molecule has 0 aliphatic heterocycles. The molecule has 0 fully saturated rings. The van der Waals surface area contributed by atoms with Gasteiger partial charge in [0.15, 0.2) is 0 Å². The number of aromatic nitrogens is 1. The van der Waals surface area contributed by atoms with E-state index in [0.29, 0.717) is 5.39 Å². The second-order valence-electron chi connectivity index (χ2n) is 3.30. The molecule has 0 saturated heterocycles. The number of hydrogen-bond donors (Lipinski definition) is 1. The van der Waals surface area contributed by atoms with E-state index in [4.69, 9.17) is 0 Å². The van der Waals surface area contributed by atoms with Gasteiger partial charge in [0.25, 0.3) is 0 Å². The first-order valence-electron chi connectivity index (χ1n) is 4.39. The predicted octanol–water partition coefficient (Wildman–Crippen LogP) is 1.58. The maximum Gasteiger partial charge on any atom is 0.243 e. The van der Waals surface area contributed by atoms with Crippen molar-refractivity contribution in [3.8, 4) is 0 Å². The van der Waals surface area contributed by atoms with E-state index in [1.807, 2.05) is 6.07 Å². The molecule has 0 spiro atoms. The van der Waals surface area contributed by atoms with Gasteiger partial charge < -0.3 is 4.98 Å². The lowest BCUT2D eigenvalue weighted by molar-refractivity contribution is 0.538. The molecule has 79 valence electrons. The minimum Gasteiger partial charge on any atom is -0.361 e. The third-order valence-corrected chi connectivity index (χ3v) is 3.98. The Hall–Kier alpha value is -1.33. The summed E-state index contributed by atoms with van der Waals surface area (Å²) in [6, 6.07) is 6.85. The number of aromatic amines is 1. The number of hydrogen-bond acceptors (Lipinski definition) is 2. The Bertz CT molecular complexity index is 584. The molecule has 0 aliphatic carbocycles. The number of rotatable bonds is 2. The largest absolute Gasteiger partial charge is 0.361 e. The first-order chi connectivity index (χ1) is 7.03. The highest BCUT2D eigenvalue weighted by atomic mass is 32.2. The molecule has 1 heterocycles. The van der Waals surface area contributed by atoms with Crippen LogP contribution in [0.5, 0.6) is 0 Å². The molecule has 5 heteroatoms. The van der Waals surface area contributed by atoms with Gasteiger partial charge in [-0.2, -0.15) is 4.31 Å². The molecule has 2 aromatic rings. The van der Waals surface area contributed by atoms with Crippen molar-refractivity contribution in [1.82, 2.24) is 9.29 Å². The van der Waals surface area contributed by atoms with E-state index in [2.05, 4.69) is 12.0 Å². The van der Waals surface area contributed by atoms with Crippen molar-refractivity contribution in [3.05, 3.63) is 37.5 Å². The summed E-state index contributed by atoms with van der Waals surface area (Å²) in [5.41, 5.74) is 0.804. The number of nitrogens with one attached hydrogen (secondary N) is 1. The lowest BCUT2D eigenvalue weighted by Gasteiger charge is -2.11. The molecule has 1 N–H and O–H groups in total. The summed E-state index contributed by atoms with van der Waals surface area (Å²) in [5.74, 6) is 0. The molecule has 0 unspecified atom stereocenters. The van der Waals surface area contributed by atoms with Gasteiger partial charge in [-0.3, -0.25) is 0 Å². The SMILES string of the molecule is [CH2]N(C)S(=O)(=O)c1cccc2[nH]ccc12. The minimum absolute atomic E-state index is 0.277. The normalized spacial score (nSPS) is 12.5. The van der Waals surface area contributed by atoms with Crippen LogP contribution in [0.2, 0.25) is 0 Å². The summed E-state index contributed by atoms with van der Waals surface area (Å²) < 4.78 is 24.8. The first-order valence-corrected chi connectivity index (χ1v) is 5.83. The average molecular weight is 223 g/mol. The van der Waals surface area contributed by atoms with Crippen molar-refractivity contribution in [2.75, 3.05) is 7.05 Å². The zero-order valence-corrected chi connectivity index (χ0v) is 9.08. The van der Waals surface area contributed by atoms with E-state index in [0.717, 1.165) is 9.82 Å². The van der Waals surface area contributed by atoms with Crippen molar-refractivity contribution in [1.29, 1.82) is 0 Å². The van der Waals surface area contributed by atoms with Crippen molar-refractivity contribution in [2.45, 2.75) is 4.90 Å². The third kappa shape index (κ3) is 1.53. The highest BCUT2D eigenvalue weighted by Crippen LogP contribution is 2.23. The van der Waals surface area contributed by atoms with Crippen molar-refractivity contribution < 1.29 is 8.42 Å². The van der Waals surface area contributed by atoms with Crippen LogP contribution in [0.1, 0.15) is 0 Å².